The lowest BCUT2D eigenvalue weighted by atomic mass is 10.0. The number of rotatable bonds is 2. The van der Waals surface area contributed by atoms with E-state index in [-0.39, 0.29) is 6.17 Å². The highest BCUT2D eigenvalue weighted by atomic mass is 15.0. The standard InChI is InChI=1S/C13H14N2/c1-3-5-9-6-7-10-11(8-9)13(14)15-12(10)4-2/h3-8,13H,2,14H2,1H3. The van der Waals surface area contributed by atoms with Crippen LogP contribution in [0.5, 0.6) is 0 Å². The highest BCUT2D eigenvalue weighted by Crippen LogP contribution is 2.27. The topological polar surface area (TPSA) is 38.4 Å². The van der Waals surface area contributed by atoms with Crippen molar-refractivity contribution >= 4 is 11.8 Å². The highest BCUT2D eigenvalue weighted by Gasteiger charge is 2.19. The van der Waals surface area contributed by atoms with E-state index in [0.717, 1.165) is 22.4 Å². The van der Waals surface area contributed by atoms with Crippen molar-refractivity contribution in [2.24, 2.45) is 10.7 Å². The Balaban J connectivity index is 2.50. The highest BCUT2D eigenvalue weighted by molar-refractivity contribution is 6.11. The molecule has 2 rings (SSSR count). The van der Waals surface area contributed by atoms with E-state index in [1.165, 1.54) is 0 Å². The maximum atomic E-state index is 5.92. The summed E-state index contributed by atoms with van der Waals surface area (Å²) in [6, 6.07) is 6.20. The van der Waals surface area contributed by atoms with Gasteiger partial charge in [-0.15, -0.1) is 0 Å². The summed E-state index contributed by atoms with van der Waals surface area (Å²) in [5.41, 5.74) is 10.2. The summed E-state index contributed by atoms with van der Waals surface area (Å²) in [7, 11) is 0. The second-order valence-electron chi connectivity index (χ2n) is 3.51. The summed E-state index contributed by atoms with van der Waals surface area (Å²) in [4.78, 5) is 4.33. The third kappa shape index (κ3) is 1.64. The van der Waals surface area contributed by atoms with Gasteiger partial charge in [0.1, 0.15) is 6.17 Å². The summed E-state index contributed by atoms with van der Waals surface area (Å²) < 4.78 is 0. The summed E-state index contributed by atoms with van der Waals surface area (Å²) in [6.07, 6.45) is 5.58. The van der Waals surface area contributed by atoms with E-state index in [0.29, 0.717) is 0 Å². The van der Waals surface area contributed by atoms with E-state index in [2.05, 4.69) is 35.8 Å². The average Bonchev–Trinajstić information content (AvgIpc) is 2.56. The minimum atomic E-state index is -0.238. The number of hydrogen-bond donors (Lipinski definition) is 1. The van der Waals surface area contributed by atoms with Crippen molar-refractivity contribution in [2.45, 2.75) is 13.1 Å². The summed E-state index contributed by atoms with van der Waals surface area (Å²) in [6.45, 7) is 5.73. The molecule has 1 unspecified atom stereocenters. The van der Waals surface area contributed by atoms with Gasteiger partial charge in [0.05, 0.1) is 5.71 Å². The number of aliphatic imine (C=N–C) groups is 1. The molecule has 0 saturated heterocycles. The van der Waals surface area contributed by atoms with Crippen molar-refractivity contribution in [2.75, 3.05) is 0 Å². The van der Waals surface area contributed by atoms with Crippen LogP contribution < -0.4 is 5.73 Å². The van der Waals surface area contributed by atoms with Crippen LogP contribution in [0.3, 0.4) is 0 Å². The van der Waals surface area contributed by atoms with Gasteiger partial charge >= 0.3 is 0 Å². The molecule has 15 heavy (non-hydrogen) atoms. The van der Waals surface area contributed by atoms with Crippen molar-refractivity contribution in [1.29, 1.82) is 0 Å². The van der Waals surface area contributed by atoms with Crippen LogP contribution in [-0.4, -0.2) is 5.71 Å². The quantitative estimate of drug-likeness (QED) is 0.779. The lowest BCUT2D eigenvalue weighted by Gasteiger charge is -2.04. The van der Waals surface area contributed by atoms with Crippen LogP contribution in [-0.2, 0) is 0 Å². The Hall–Kier alpha value is -1.67. The molecule has 76 valence electrons. The Morgan fingerprint density at radius 2 is 2.27 bits per heavy atom. The maximum Gasteiger partial charge on any atom is 0.124 e. The van der Waals surface area contributed by atoms with Gasteiger partial charge in [-0.05, 0) is 24.6 Å². The first-order chi connectivity index (χ1) is 7.26. The number of nitrogens with two attached hydrogens (primary N) is 1. The van der Waals surface area contributed by atoms with Crippen LogP contribution >= 0.6 is 0 Å². The van der Waals surface area contributed by atoms with Gasteiger partial charge in [0.15, 0.2) is 0 Å². The second kappa shape index (κ2) is 3.83. The van der Waals surface area contributed by atoms with E-state index < -0.39 is 0 Å². The Morgan fingerprint density at radius 1 is 1.47 bits per heavy atom. The van der Waals surface area contributed by atoms with Crippen LogP contribution in [0.25, 0.3) is 6.08 Å². The molecule has 0 radical (unpaired) electrons. The molecule has 0 spiro atoms. The molecule has 2 N–H and O–H groups in total. The number of fused-ring (bicyclic) bond motifs is 1. The van der Waals surface area contributed by atoms with Crippen molar-refractivity contribution in [1.82, 2.24) is 0 Å². The SMILES string of the molecule is C=CC1=NC(N)c2cc(C=CC)ccc21. The zero-order valence-corrected chi connectivity index (χ0v) is 8.77. The third-order valence-corrected chi connectivity index (χ3v) is 2.50. The van der Waals surface area contributed by atoms with E-state index in [1.807, 2.05) is 13.0 Å². The Bertz CT molecular complexity index is 456. The van der Waals surface area contributed by atoms with Crippen molar-refractivity contribution in [3.63, 3.8) is 0 Å². The fraction of sp³-hybridized carbons (Fsp3) is 0.154. The third-order valence-electron chi connectivity index (χ3n) is 2.50. The molecule has 0 aromatic heterocycles. The molecule has 0 fully saturated rings. The molecule has 1 aromatic rings. The molecular formula is C13H14N2. The fourth-order valence-electron chi connectivity index (χ4n) is 1.81. The Labute approximate surface area is 89.8 Å². The van der Waals surface area contributed by atoms with Crippen molar-refractivity contribution in [3.05, 3.63) is 53.6 Å². The second-order valence-corrected chi connectivity index (χ2v) is 3.51. The van der Waals surface area contributed by atoms with Gasteiger partial charge in [-0.2, -0.15) is 0 Å². The van der Waals surface area contributed by atoms with E-state index >= 15 is 0 Å². The molecule has 2 nitrogen and oxygen atoms in total. The van der Waals surface area contributed by atoms with Gasteiger partial charge in [-0.25, -0.2) is 0 Å². The molecule has 0 saturated carbocycles. The number of nitrogens with zero attached hydrogens (tertiary/aromatic N) is 1. The van der Waals surface area contributed by atoms with Gasteiger partial charge in [-0.3, -0.25) is 4.99 Å². The van der Waals surface area contributed by atoms with Crippen LogP contribution in [0.2, 0.25) is 0 Å². The van der Waals surface area contributed by atoms with E-state index in [9.17, 15) is 0 Å². The van der Waals surface area contributed by atoms with Crippen LogP contribution in [0.1, 0.15) is 29.8 Å². The summed E-state index contributed by atoms with van der Waals surface area (Å²) >= 11 is 0. The first-order valence-corrected chi connectivity index (χ1v) is 4.99. The molecule has 1 aliphatic heterocycles. The minimum absolute atomic E-state index is 0.238. The summed E-state index contributed by atoms with van der Waals surface area (Å²) in [5, 5.41) is 0. The monoisotopic (exact) mass is 198 g/mol. The molecular weight excluding hydrogens is 184 g/mol. The fourth-order valence-corrected chi connectivity index (χ4v) is 1.81. The molecule has 1 heterocycles. The molecule has 1 aliphatic rings. The zero-order valence-electron chi connectivity index (χ0n) is 8.77. The van der Waals surface area contributed by atoms with Gasteiger partial charge in [0, 0.05) is 11.1 Å². The average molecular weight is 198 g/mol. The molecule has 0 amide bonds. The first kappa shape index (κ1) is 9.87. The Morgan fingerprint density at radius 3 is 2.93 bits per heavy atom. The van der Waals surface area contributed by atoms with Gasteiger partial charge < -0.3 is 5.73 Å². The normalized spacial score (nSPS) is 19.1. The minimum Gasteiger partial charge on any atom is -0.306 e. The molecule has 0 bridgehead atoms. The first-order valence-electron chi connectivity index (χ1n) is 4.99. The predicted molar refractivity (Wildman–Crippen MR) is 64.8 cm³/mol. The van der Waals surface area contributed by atoms with Gasteiger partial charge in [-0.1, -0.05) is 30.9 Å². The number of benzene rings is 1. The summed E-state index contributed by atoms with van der Waals surface area (Å²) in [5.74, 6) is 0. The van der Waals surface area contributed by atoms with Gasteiger partial charge in [0.2, 0.25) is 0 Å². The maximum absolute atomic E-state index is 5.92. The lowest BCUT2D eigenvalue weighted by Crippen LogP contribution is -2.04. The molecule has 1 atom stereocenters. The largest absolute Gasteiger partial charge is 0.306 e. The lowest BCUT2D eigenvalue weighted by molar-refractivity contribution is 0.796. The molecule has 0 aliphatic carbocycles. The van der Waals surface area contributed by atoms with Crippen LogP contribution in [0.4, 0.5) is 0 Å². The van der Waals surface area contributed by atoms with Crippen molar-refractivity contribution < 1.29 is 0 Å². The van der Waals surface area contributed by atoms with Crippen LogP contribution in [0.15, 0.2) is 41.9 Å². The predicted octanol–water partition coefficient (Wildman–Crippen LogP) is 2.67. The smallest absolute Gasteiger partial charge is 0.124 e. The molecule has 2 heteroatoms. The zero-order chi connectivity index (χ0) is 10.8. The van der Waals surface area contributed by atoms with E-state index in [4.69, 9.17) is 5.73 Å². The Kier molecular flexibility index (Phi) is 2.52. The van der Waals surface area contributed by atoms with Gasteiger partial charge in [0.25, 0.3) is 0 Å². The van der Waals surface area contributed by atoms with Crippen molar-refractivity contribution in [3.8, 4) is 0 Å². The van der Waals surface area contributed by atoms with Crippen LogP contribution in [0, 0.1) is 0 Å². The number of allylic oxidation sites excluding steroid dienone is 2. The molecule has 1 aromatic carbocycles. The number of hydrogen-bond acceptors (Lipinski definition) is 2. The van der Waals surface area contributed by atoms with E-state index in [1.54, 1.807) is 6.08 Å².